The molecule has 0 spiro atoms. The summed E-state index contributed by atoms with van der Waals surface area (Å²) < 4.78 is 27.3. The Hall–Kier alpha value is -4.89. The van der Waals surface area contributed by atoms with Crippen molar-refractivity contribution in [2.24, 2.45) is 5.73 Å². The Balaban J connectivity index is 0.000000334. The fourth-order valence-electron chi connectivity index (χ4n) is 5.49. The predicted octanol–water partition coefficient (Wildman–Crippen LogP) is 10.1. The number of hydrogen-bond acceptors (Lipinski definition) is 6. The maximum Gasteiger partial charge on any atom is 0.254 e. The number of benzene rings is 3. The van der Waals surface area contributed by atoms with Crippen LogP contribution in [0.25, 0.3) is 27.4 Å². The first-order valence-electron chi connectivity index (χ1n) is 17.6. The van der Waals surface area contributed by atoms with Crippen LogP contribution in [0, 0.1) is 5.82 Å². The van der Waals surface area contributed by atoms with Gasteiger partial charge in [-0.1, -0.05) is 69.8 Å². The number of nitrogens with one attached hydrogen (secondary N) is 1. The van der Waals surface area contributed by atoms with Crippen LogP contribution in [0.1, 0.15) is 85.0 Å². The number of hydrogen-bond donors (Lipinski definition) is 2. The van der Waals surface area contributed by atoms with Crippen LogP contribution in [0.15, 0.2) is 89.6 Å². The molecule has 9 heteroatoms. The van der Waals surface area contributed by atoms with E-state index < -0.39 is 17.2 Å². The highest BCUT2D eigenvalue weighted by Gasteiger charge is 2.28. The van der Waals surface area contributed by atoms with E-state index in [9.17, 15) is 14.0 Å². The summed E-state index contributed by atoms with van der Waals surface area (Å²) in [6, 6.07) is 13.5. The number of carbonyl (C=O) groups is 1. The van der Waals surface area contributed by atoms with E-state index in [1.54, 1.807) is 11.7 Å². The lowest BCUT2D eigenvalue weighted by Crippen LogP contribution is -2.25. The van der Waals surface area contributed by atoms with Crippen molar-refractivity contribution in [2.45, 2.75) is 80.7 Å². The lowest BCUT2D eigenvalue weighted by Gasteiger charge is -2.26. The van der Waals surface area contributed by atoms with Crippen molar-refractivity contribution in [1.82, 2.24) is 9.47 Å². The molecule has 1 amide bonds. The number of ether oxygens (including phenoxy) is 2. The van der Waals surface area contributed by atoms with Crippen LogP contribution in [-0.4, -0.2) is 48.7 Å². The fourth-order valence-corrected chi connectivity index (χ4v) is 5.49. The number of rotatable bonds is 6. The molecule has 1 atom stereocenters. The average molecular weight is 701 g/mol. The molecular weight excluding hydrogens is 643 g/mol. The Bertz CT molecular complexity index is 1920. The van der Waals surface area contributed by atoms with Crippen molar-refractivity contribution in [2.75, 3.05) is 32.6 Å². The summed E-state index contributed by atoms with van der Waals surface area (Å²) in [5, 5.41) is 4.91. The maximum absolute atomic E-state index is 14.8. The topological polar surface area (TPSA) is 98.8 Å². The van der Waals surface area contributed by atoms with Crippen LogP contribution >= 0.6 is 0 Å². The molecule has 3 aromatic carbocycles. The minimum Gasteiger partial charge on any atom is -0.497 e. The molecule has 0 bridgehead atoms. The van der Waals surface area contributed by atoms with Gasteiger partial charge in [0.2, 0.25) is 5.43 Å². The van der Waals surface area contributed by atoms with E-state index in [2.05, 4.69) is 57.3 Å². The van der Waals surface area contributed by atoms with E-state index in [1.165, 1.54) is 37.6 Å². The maximum atomic E-state index is 14.8. The summed E-state index contributed by atoms with van der Waals surface area (Å²) in [7, 11) is 3.80. The van der Waals surface area contributed by atoms with Gasteiger partial charge in [-0.2, -0.15) is 0 Å². The zero-order valence-corrected chi connectivity index (χ0v) is 32.2. The van der Waals surface area contributed by atoms with E-state index >= 15 is 0 Å². The Morgan fingerprint density at radius 2 is 1.73 bits per heavy atom. The first-order valence-corrected chi connectivity index (χ1v) is 17.6. The largest absolute Gasteiger partial charge is 0.497 e. The number of halogens is 1. The SMILES string of the molecule is C=C(C)C(=C)OC.CC.CC=C(C)C.CCC1CCCN1C.CCNc1c(F)cc2c(=O)c(C(N)=O)cn3c2c1Oc1cc2ccccc2cc1-3. The number of carbonyl (C=O) groups excluding carboxylic acids is 1. The van der Waals surface area contributed by atoms with Gasteiger partial charge >= 0.3 is 0 Å². The van der Waals surface area contributed by atoms with Crippen LogP contribution in [-0.2, 0) is 4.74 Å². The van der Waals surface area contributed by atoms with Crippen molar-refractivity contribution >= 4 is 33.3 Å². The molecule has 0 aliphatic carbocycles. The number of pyridine rings is 1. The van der Waals surface area contributed by atoms with E-state index in [0.717, 1.165) is 28.5 Å². The highest BCUT2D eigenvalue weighted by molar-refractivity contribution is 6.01. The number of fused-ring (bicyclic) bond motifs is 3. The third-order valence-electron chi connectivity index (χ3n) is 8.56. The Morgan fingerprint density at radius 1 is 1.12 bits per heavy atom. The highest BCUT2D eigenvalue weighted by atomic mass is 19.1. The predicted molar refractivity (Wildman–Crippen MR) is 213 cm³/mol. The summed E-state index contributed by atoms with van der Waals surface area (Å²) in [6.45, 7) is 25.1. The van der Waals surface area contributed by atoms with Crippen molar-refractivity contribution < 1.29 is 18.7 Å². The zero-order chi connectivity index (χ0) is 38.4. The van der Waals surface area contributed by atoms with Gasteiger partial charge in [-0.15, -0.1) is 0 Å². The van der Waals surface area contributed by atoms with Gasteiger partial charge in [-0.3, -0.25) is 9.59 Å². The number of methoxy groups -OCH3 is 1. The smallest absolute Gasteiger partial charge is 0.254 e. The van der Waals surface area contributed by atoms with E-state index in [-0.39, 0.29) is 22.4 Å². The summed E-state index contributed by atoms with van der Waals surface area (Å²) >= 11 is 0. The summed E-state index contributed by atoms with van der Waals surface area (Å²) in [5.41, 5.74) is 8.04. The molecule has 1 saturated heterocycles. The molecule has 51 heavy (non-hydrogen) atoms. The van der Waals surface area contributed by atoms with E-state index in [4.69, 9.17) is 15.2 Å². The van der Waals surface area contributed by atoms with Gasteiger partial charge in [-0.25, -0.2) is 4.39 Å². The molecule has 8 nitrogen and oxygen atoms in total. The Kier molecular flexibility index (Phi) is 16.6. The zero-order valence-electron chi connectivity index (χ0n) is 32.2. The van der Waals surface area contributed by atoms with Crippen molar-refractivity contribution in [3.05, 3.63) is 106 Å². The second kappa shape index (κ2) is 20.1. The number of allylic oxidation sites excluding steroid dienone is 3. The van der Waals surface area contributed by atoms with Crippen molar-refractivity contribution in [1.29, 1.82) is 0 Å². The lowest BCUT2D eigenvalue weighted by atomic mass is 10.0. The first-order chi connectivity index (χ1) is 24.3. The molecule has 2 aliphatic heterocycles. The number of likely N-dealkylation sites (tertiary alicyclic amines) is 1. The standard InChI is InChI=1S/C22H16FN3O3.C7H15N.C6H10O.C5H10.C2H6/c1-2-25-18-15(23)9-13-19-21(18)29-17-8-12-6-4-3-5-11(12)7-16(17)26(19)10-14(20(13)27)22(24)28;1-3-7-5-4-6-8(7)2;1-5(2)6(3)7-4;1-4-5(2)3;1-2/h3-10,25H,2H2,1H3,(H2,24,28);7H,3-6H2,1-2H3;1,3H2,2,4H3;4H,1-3H3;1-2H3. The van der Waals surface area contributed by atoms with Crippen LogP contribution in [0.5, 0.6) is 11.5 Å². The molecule has 2 aliphatic rings. The van der Waals surface area contributed by atoms with E-state index in [0.29, 0.717) is 29.3 Å². The summed E-state index contributed by atoms with van der Waals surface area (Å²) in [4.78, 5) is 27.1. The molecule has 3 N–H and O–H groups in total. The quantitative estimate of drug-likeness (QED) is 0.104. The average Bonchev–Trinajstić information content (AvgIpc) is 3.55. The van der Waals surface area contributed by atoms with Gasteiger partial charge < -0.3 is 30.0 Å². The van der Waals surface area contributed by atoms with Crippen LogP contribution < -0.4 is 21.2 Å². The fraction of sp³-hybridized carbons (Fsp3) is 0.381. The number of amides is 1. The third kappa shape index (κ3) is 10.6. The Morgan fingerprint density at radius 3 is 2.16 bits per heavy atom. The molecule has 0 radical (unpaired) electrons. The molecule has 3 heterocycles. The van der Waals surface area contributed by atoms with Crippen molar-refractivity contribution in [3.63, 3.8) is 0 Å². The normalized spacial score (nSPS) is 13.6. The second-order valence-corrected chi connectivity index (χ2v) is 12.3. The highest BCUT2D eigenvalue weighted by Crippen LogP contribution is 2.46. The van der Waals surface area contributed by atoms with E-state index in [1.807, 2.05) is 71.0 Å². The monoisotopic (exact) mass is 700 g/mol. The first kappa shape index (κ1) is 42.3. The number of nitrogens with zero attached hydrogens (tertiary/aromatic N) is 2. The number of primary amides is 1. The molecular formula is C42H57FN4O4. The number of nitrogens with two attached hydrogens (primary N) is 1. The molecule has 0 saturated carbocycles. The van der Waals surface area contributed by atoms with Gasteiger partial charge in [0.1, 0.15) is 22.5 Å². The van der Waals surface area contributed by atoms with Gasteiger partial charge in [0.05, 0.1) is 18.2 Å². The van der Waals surface area contributed by atoms with Gasteiger partial charge in [0, 0.05) is 18.8 Å². The summed E-state index contributed by atoms with van der Waals surface area (Å²) in [6.07, 6.45) is 7.65. The minimum absolute atomic E-state index is 0.0364. The Labute approximate surface area is 303 Å². The van der Waals surface area contributed by atoms with Crippen LogP contribution in [0.4, 0.5) is 10.1 Å². The lowest BCUT2D eigenvalue weighted by molar-refractivity contribution is 0.0999. The van der Waals surface area contributed by atoms with Gasteiger partial charge in [0.15, 0.2) is 17.3 Å². The summed E-state index contributed by atoms with van der Waals surface area (Å²) in [5.74, 6) is -0.157. The molecule has 1 aromatic heterocycles. The molecule has 6 rings (SSSR count). The molecule has 1 fully saturated rings. The second-order valence-electron chi connectivity index (χ2n) is 12.3. The van der Waals surface area contributed by atoms with Crippen LogP contribution in [0.2, 0.25) is 0 Å². The van der Waals surface area contributed by atoms with Gasteiger partial charge in [0.25, 0.3) is 5.91 Å². The number of anilines is 1. The molecule has 276 valence electrons. The minimum atomic E-state index is -0.868. The van der Waals surface area contributed by atoms with Crippen LogP contribution in [0.3, 0.4) is 0 Å². The molecule has 1 unspecified atom stereocenters. The van der Waals surface area contributed by atoms with Gasteiger partial charge in [-0.05, 0) is 102 Å². The number of aromatic nitrogens is 1. The van der Waals surface area contributed by atoms with Crippen molar-refractivity contribution in [3.8, 4) is 17.2 Å². The molecule has 4 aromatic rings. The third-order valence-corrected chi connectivity index (χ3v) is 8.56.